The van der Waals surface area contributed by atoms with Gasteiger partial charge in [-0.25, -0.2) is 9.37 Å². The zero-order chi connectivity index (χ0) is 19.6. The Hall–Kier alpha value is -2.75. The minimum absolute atomic E-state index is 0. The summed E-state index contributed by atoms with van der Waals surface area (Å²) in [4.78, 5) is 12.7. The molecule has 0 bridgehead atoms. The van der Waals surface area contributed by atoms with E-state index in [0.29, 0.717) is 24.1 Å². The number of nitrogens with one attached hydrogen (secondary N) is 2. The van der Waals surface area contributed by atoms with Crippen LogP contribution in [0.1, 0.15) is 11.3 Å². The molecule has 0 spiro atoms. The van der Waals surface area contributed by atoms with Gasteiger partial charge in [-0.05, 0) is 48.0 Å². The number of halogens is 2. The fraction of sp³-hybridized carbons (Fsp3) is 0.190. The van der Waals surface area contributed by atoms with Gasteiger partial charge in [-0.1, -0.05) is 6.07 Å². The molecule has 2 heterocycles. The molecule has 3 aromatic rings. The van der Waals surface area contributed by atoms with Crippen LogP contribution < -0.4 is 15.4 Å². The van der Waals surface area contributed by atoms with Crippen LogP contribution in [0.3, 0.4) is 0 Å². The van der Waals surface area contributed by atoms with Gasteiger partial charge in [0, 0.05) is 50.7 Å². The van der Waals surface area contributed by atoms with Crippen LogP contribution in [-0.4, -0.2) is 29.5 Å². The lowest BCUT2D eigenvalue weighted by molar-refractivity contribution is 0.460. The van der Waals surface area contributed by atoms with Crippen molar-refractivity contribution in [1.29, 1.82) is 0 Å². The molecular weight excluding hydrogens is 484 g/mol. The third kappa shape index (κ3) is 7.65. The van der Waals surface area contributed by atoms with Gasteiger partial charge >= 0.3 is 0 Å². The Bertz CT molecular complexity index is 906. The van der Waals surface area contributed by atoms with Gasteiger partial charge in [-0.3, -0.25) is 9.98 Å². The quantitative estimate of drug-likeness (QED) is 0.288. The molecule has 0 atom stereocenters. The van der Waals surface area contributed by atoms with E-state index < -0.39 is 0 Å². The molecule has 0 unspecified atom stereocenters. The van der Waals surface area contributed by atoms with Crippen LogP contribution in [-0.2, 0) is 13.0 Å². The topological polar surface area (TPSA) is 71.4 Å². The van der Waals surface area contributed by atoms with E-state index in [1.807, 2.05) is 30.3 Å². The Morgan fingerprint density at radius 3 is 2.59 bits per heavy atom. The number of aromatic nitrogens is 2. The van der Waals surface area contributed by atoms with Gasteiger partial charge in [-0.2, -0.15) is 0 Å². The van der Waals surface area contributed by atoms with Crippen LogP contribution in [0.15, 0.2) is 72.0 Å². The van der Waals surface area contributed by atoms with Gasteiger partial charge in [0.05, 0.1) is 0 Å². The molecule has 0 aliphatic heterocycles. The molecule has 2 aromatic heterocycles. The number of aliphatic imine (C=N–C) groups is 1. The first kappa shape index (κ1) is 22.5. The summed E-state index contributed by atoms with van der Waals surface area (Å²) in [5.74, 6) is 1.38. The predicted octanol–water partition coefficient (Wildman–Crippen LogP) is 3.93. The van der Waals surface area contributed by atoms with Crippen LogP contribution >= 0.6 is 24.0 Å². The lowest BCUT2D eigenvalue weighted by atomic mass is 10.2. The number of benzene rings is 1. The molecule has 0 saturated carbocycles. The molecule has 6 nitrogen and oxygen atoms in total. The predicted molar refractivity (Wildman–Crippen MR) is 122 cm³/mol. The van der Waals surface area contributed by atoms with Crippen molar-refractivity contribution in [3.63, 3.8) is 0 Å². The molecule has 0 aliphatic rings. The molecule has 0 saturated heterocycles. The van der Waals surface area contributed by atoms with Crippen molar-refractivity contribution in [2.75, 3.05) is 13.6 Å². The van der Waals surface area contributed by atoms with E-state index in [9.17, 15) is 4.39 Å². The highest BCUT2D eigenvalue weighted by molar-refractivity contribution is 14.0. The third-order valence-electron chi connectivity index (χ3n) is 3.92. The van der Waals surface area contributed by atoms with Crippen LogP contribution in [0.5, 0.6) is 11.6 Å². The zero-order valence-electron chi connectivity index (χ0n) is 16.0. The number of nitrogens with zero attached hydrogens (tertiary/aromatic N) is 3. The van der Waals surface area contributed by atoms with Gasteiger partial charge in [0.25, 0.3) is 0 Å². The minimum atomic E-state index is -0.305. The number of hydrogen-bond acceptors (Lipinski definition) is 4. The third-order valence-corrected chi connectivity index (χ3v) is 3.92. The fourth-order valence-corrected chi connectivity index (χ4v) is 2.50. The highest BCUT2D eigenvalue weighted by atomic mass is 127. The molecule has 1 aromatic carbocycles. The number of hydrogen-bond donors (Lipinski definition) is 2. The maximum absolute atomic E-state index is 13.0. The maximum Gasteiger partial charge on any atom is 0.219 e. The SMILES string of the molecule is CN=C(NCCc1ccccn1)NCc1ccnc(Oc2ccc(F)cc2)c1.I. The molecule has 152 valence electrons. The van der Waals surface area contributed by atoms with E-state index in [-0.39, 0.29) is 29.8 Å². The van der Waals surface area contributed by atoms with Crippen molar-refractivity contribution < 1.29 is 9.13 Å². The van der Waals surface area contributed by atoms with Crippen LogP contribution in [0, 0.1) is 5.82 Å². The summed E-state index contributed by atoms with van der Waals surface area (Å²) in [6.07, 6.45) is 4.27. The normalized spacial score (nSPS) is 10.8. The van der Waals surface area contributed by atoms with E-state index in [4.69, 9.17) is 4.74 Å². The Kier molecular flexibility index (Phi) is 9.29. The lowest BCUT2D eigenvalue weighted by Crippen LogP contribution is -2.37. The summed E-state index contributed by atoms with van der Waals surface area (Å²) >= 11 is 0. The molecule has 29 heavy (non-hydrogen) atoms. The number of pyridine rings is 2. The molecule has 0 aliphatic carbocycles. The maximum atomic E-state index is 13.0. The van der Waals surface area contributed by atoms with Crippen molar-refractivity contribution >= 4 is 29.9 Å². The molecular formula is C21H23FIN5O. The smallest absolute Gasteiger partial charge is 0.219 e. The Labute approximate surface area is 186 Å². The van der Waals surface area contributed by atoms with E-state index in [2.05, 4.69) is 25.6 Å². The van der Waals surface area contributed by atoms with Gasteiger partial charge in [-0.15, -0.1) is 24.0 Å². The average Bonchev–Trinajstić information content (AvgIpc) is 2.73. The Balaban J connectivity index is 0.00000300. The first-order valence-corrected chi connectivity index (χ1v) is 8.96. The molecule has 3 rings (SSSR count). The van der Waals surface area contributed by atoms with Crippen LogP contribution in [0.25, 0.3) is 0 Å². The summed E-state index contributed by atoms with van der Waals surface area (Å²) < 4.78 is 18.6. The van der Waals surface area contributed by atoms with E-state index in [1.165, 1.54) is 12.1 Å². The van der Waals surface area contributed by atoms with Crippen LogP contribution in [0.2, 0.25) is 0 Å². The second-order valence-corrected chi connectivity index (χ2v) is 5.98. The highest BCUT2D eigenvalue weighted by Crippen LogP contribution is 2.20. The van der Waals surface area contributed by atoms with E-state index in [1.54, 1.807) is 31.6 Å². The summed E-state index contributed by atoms with van der Waals surface area (Å²) in [6, 6.07) is 15.4. The summed E-state index contributed by atoms with van der Waals surface area (Å²) in [6.45, 7) is 1.29. The monoisotopic (exact) mass is 507 g/mol. The first-order valence-electron chi connectivity index (χ1n) is 8.96. The van der Waals surface area contributed by atoms with Crippen molar-refractivity contribution in [1.82, 2.24) is 20.6 Å². The van der Waals surface area contributed by atoms with E-state index in [0.717, 1.165) is 24.2 Å². The highest BCUT2D eigenvalue weighted by Gasteiger charge is 2.03. The fourth-order valence-electron chi connectivity index (χ4n) is 2.50. The number of rotatable bonds is 7. The molecule has 8 heteroatoms. The van der Waals surface area contributed by atoms with Gasteiger partial charge in [0.1, 0.15) is 11.6 Å². The van der Waals surface area contributed by atoms with Gasteiger partial charge in [0.15, 0.2) is 5.96 Å². The summed E-state index contributed by atoms with van der Waals surface area (Å²) in [7, 11) is 1.73. The van der Waals surface area contributed by atoms with Gasteiger partial charge < -0.3 is 15.4 Å². The standard InChI is InChI=1S/C21H22FN5O.HI/c1-23-21(26-13-10-18-4-2-3-11-24-18)27-15-16-9-12-25-20(14-16)28-19-7-5-17(22)6-8-19;/h2-9,11-12,14H,10,13,15H2,1H3,(H2,23,26,27);1H. The lowest BCUT2D eigenvalue weighted by Gasteiger charge is -2.12. The van der Waals surface area contributed by atoms with Gasteiger partial charge in [0.2, 0.25) is 5.88 Å². The molecule has 0 radical (unpaired) electrons. The summed E-state index contributed by atoms with van der Waals surface area (Å²) in [5, 5.41) is 6.52. The van der Waals surface area contributed by atoms with Crippen molar-refractivity contribution in [2.45, 2.75) is 13.0 Å². The average molecular weight is 507 g/mol. The van der Waals surface area contributed by atoms with Crippen molar-refractivity contribution in [3.8, 4) is 11.6 Å². The Morgan fingerprint density at radius 2 is 1.86 bits per heavy atom. The van der Waals surface area contributed by atoms with Crippen LogP contribution in [0.4, 0.5) is 4.39 Å². The second kappa shape index (κ2) is 11.9. The summed E-state index contributed by atoms with van der Waals surface area (Å²) in [5.41, 5.74) is 2.02. The Morgan fingerprint density at radius 1 is 1.03 bits per heavy atom. The number of ether oxygens (including phenoxy) is 1. The zero-order valence-corrected chi connectivity index (χ0v) is 18.3. The molecule has 2 N–H and O–H groups in total. The van der Waals surface area contributed by atoms with E-state index >= 15 is 0 Å². The number of guanidine groups is 1. The van der Waals surface area contributed by atoms with Crippen molar-refractivity contribution in [3.05, 3.63) is 84.1 Å². The second-order valence-electron chi connectivity index (χ2n) is 5.98. The first-order chi connectivity index (χ1) is 13.7. The molecule has 0 fully saturated rings. The minimum Gasteiger partial charge on any atom is -0.439 e. The van der Waals surface area contributed by atoms with Crippen molar-refractivity contribution in [2.24, 2.45) is 4.99 Å². The largest absolute Gasteiger partial charge is 0.439 e. The molecule has 0 amide bonds.